The molecule has 0 saturated carbocycles. The molecule has 1 aliphatic rings. The molecule has 0 aromatic carbocycles. The van der Waals surface area contributed by atoms with Crippen molar-refractivity contribution in [2.75, 3.05) is 20.1 Å². The van der Waals surface area contributed by atoms with Gasteiger partial charge < -0.3 is 10.4 Å². The predicted octanol–water partition coefficient (Wildman–Crippen LogP) is 0.533. The maximum absolute atomic E-state index is 10.6. The van der Waals surface area contributed by atoms with Crippen LogP contribution in [0.15, 0.2) is 0 Å². The first-order valence-electron chi connectivity index (χ1n) is 5.25. The number of rotatable bonds is 4. The Morgan fingerprint density at radius 1 is 1.71 bits per heavy atom. The standard InChI is InChI=1S/C10H20N2O2/c1-8(6-10(13)14)12(2)9-4-3-5-11-7-9/h8-9,11H,3-7H2,1-2H3,(H,13,14). The van der Waals surface area contributed by atoms with Crippen LogP contribution in [0.1, 0.15) is 26.2 Å². The van der Waals surface area contributed by atoms with Crippen molar-refractivity contribution in [3.63, 3.8) is 0 Å². The van der Waals surface area contributed by atoms with E-state index < -0.39 is 5.97 Å². The monoisotopic (exact) mass is 200 g/mol. The number of nitrogens with one attached hydrogen (secondary N) is 1. The zero-order chi connectivity index (χ0) is 10.6. The summed E-state index contributed by atoms with van der Waals surface area (Å²) in [5.74, 6) is -0.715. The van der Waals surface area contributed by atoms with Crippen LogP contribution in [0.25, 0.3) is 0 Å². The first kappa shape index (κ1) is 11.5. The molecule has 1 heterocycles. The van der Waals surface area contributed by atoms with Crippen LogP contribution in [0.2, 0.25) is 0 Å². The molecule has 0 spiro atoms. The van der Waals surface area contributed by atoms with Crippen molar-refractivity contribution in [3.8, 4) is 0 Å². The van der Waals surface area contributed by atoms with Gasteiger partial charge in [0.2, 0.25) is 0 Å². The molecule has 1 aliphatic heterocycles. The fraction of sp³-hybridized carbons (Fsp3) is 0.900. The van der Waals surface area contributed by atoms with E-state index in [1.807, 2.05) is 14.0 Å². The van der Waals surface area contributed by atoms with Crippen LogP contribution >= 0.6 is 0 Å². The lowest BCUT2D eigenvalue weighted by molar-refractivity contribution is -0.138. The number of hydrogen-bond donors (Lipinski definition) is 2. The van der Waals surface area contributed by atoms with Crippen LogP contribution in [0.3, 0.4) is 0 Å². The second-order valence-corrected chi connectivity index (χ2v) is 4.11. The quantitative estimate of drug-likeness (QED) is 0.695. The van der Waals surface area contributed by atoms with E-state index in [1.165, 1.54) is 12.8 Å². The largest absolute Gasteiger partial charge is 0.481 e. The fourth-order valence-electron chi connectivity index (χ4n) is 1.94. The van der Waals surface area contributed by atoms with Crippen LogP contribution in [-0.4, -0.2) is 48.2 Å². The topological polar surface area (TPSA) is 52.6 Å². The molecule has 1 rings (SSSR count). The molecule has 82 valence electrons. The number of aliphatic carboxylic acids is 1. The summed E-state index contributed by atoms with van der Waals surface area (Å²) in [6.07, 6.45) is 2.59. The second kappa shape index (κ2) is 5.32. The summed E-state index contributed by atoms with van der Waals surface area (Å²) in [4.78, 5) is 12.7. The summed E-state index contributed by atoms with van der Waals surface area (Å²) in [5.41, 5.74) is 0. The zero-order valence-electron chi connectivity index (χ0n) is 8.99. The molecule has 2 N–H and O–H groups in total. The first-order valence-corrected chi connectivity index (χ1v) is 5.25. The maximum atomic E-state index is 10.6. The Balaban J connectivity index is 2.37. The predicted molar refractivity (Wildman–Crippen MR) is 55.4 cm³/mol. The van der Waals surface area contributed by atoms with Crippen LogP contribution < -0.4 is 5.32 Å². The molecule has 1 saturated heterocycles. The van der Waals surface area contributed by atoms with Crippen LogP contribution in [0, 0.1) is 0 Å². The number of carbonyl (C=O) groups is 1. The molecule has 2 atom stereocenters. The number of carboxylic acids is 1. The highest BCUT2D eigenvalue weighted by Gasteiger charge is 2.22. The van der Waals surface area contributed by atoms with Crippen molar-refractivity contribution in [2.24, 2.45) is 0 Å². The Morgan fingerprint density at radius 2 is 2.43 bits per heavy atom. The Bertz CT molecular complexity index is 191. The van der Waals surface area contributed by atoms with Crippen LogP contribution in [0.4, 0.5) is 0 Å². The van der Waals surface area contributed by atoms with Gasteiger partial charge in [-0.2, -0.15) is 0 Å². The molecule has 0 aliphatic carbocycles. The van der Waals surface area contributed by atoms with Gasteiger partial charge in [0.1, 0.15) is 0 Å². The lowest BCUT2D eigenvalue weighted by Gasteiger charge is -2.35. The Morgan fingerprint density at radius 3 is 2.93 bits per heavy atom. The summed E-state index contributed by atoms with van der Waals surface area (Å²) in [7, 11) is 2.02. The third kappa shape index (κ3) is 3.27. The average Bonchev–Trinajstić information content (AvgIpc) is 2.17. The van der Waals surface area contributed by atoms with Crippen molar-refractivity contribution in [3.05, 3.63) is 0 Å². The van der Waals surface area contributed by atoms with Crippen LogP contribution in [-0.2, 0) is 4.79 Å². The van der Waals surface area contributed by atoms with Gasteiger partial charge in [-0.3, -0.25) is 9.69 Å². The van der Waals surface area contributed by atoms with E-state index in [4.69, 9.17) is 5.11 Å². The fourth-order valence-corrected chi connectivity index (χ4v) is 1.94. The molecule has 0 radical (unpaired) electrons. The minimum atomic E-state index is -0.715. The number of carboxylic acid groups (broad SMARTS) is 1. The van der Waals surface area contributed by atoms with E-state index >= 15 is 0 Å². The smallest absolute Gasteiger partial charge is 0.304 e. The Labute approximate surface area is 85.3 Å². The molecule has 0 aromatic heterocycles. The van der Waals surface area contributed by atoms with E-state index in [0.29, 0.717) is 6.04 Å². The number of piperidine rings is 1. The second-order valence-electron chi connectivity index (χ2n) is 4.11. The summed E-state index contributed by atoms with van der Waals surface area (Å²) in [5, 5.41) is 12.0. The highest BCUT2D eigenvalue weighted by molar-refractivity contribution is 5.67. The summed E-state index contributed by atoms with van der Waals surface area (Å²) >= 11 is 0. The van der Waals surface area contributed by atoms with E-state index in [9.17, 15) is 4.79 Å². The molecular weight excluding hydrogens is 180 g/mol. The van der Waals surface area contributed by atoms with Gasteiger partial charge >= 0.3 is 5.97 Å². The third-order valence-corrected chi connectivity index (χ3v) is 3.01. The molecule has 0 amide bonds. The number of likely N-dealkylation sites (N-methyl/N-ethyl adjacent to an activating group) is 1. The number of hydrogen-bond acceptors (Lipinski definition) is 3. The molecule has 0 bridgehead atoms. The van der Waals surface area contributed by atoms with Crippen LogP contribution in [0.5, 0.6) is 0 Å². The third-order valence-electron chi connectivity index (χ3n) is 3.01. The van der Waals surface area contributed by atoms with Gasteiger partial charge in [-0.15, -0.1) is 0 Å². The van der Waals surface area contributed by atoms with Crippen molar-refractivity contribution in [1.82, 2.24) is 10.2 Å². The maximum Gasteiger partial charge on any atom is 0.304 e. The zero-order valence-corrected chi connectivity index (χ0v) is 8.99. The molecule has 0 aromatic rings. The number of nitrogens with zero attached hydrogens (tertiary/aromatic N) is 1. The van der Waals surface area contributed by atoms with Gasteiger partial charge in [-0.05, 0) is 33.4 Å². The lowest BCUT2D eigenvalue weighted by Crippen LogP contribution is -2.48. The average molecular weight is 200 g/mol. The lowest BCUT2D eigenvalue weighted by atomic mass is 10.0. The summed E-state index contributed by atoms with van der Waals surface area (Å²) < 4.78 is 0. The molecule has 4 nitrogen and oxygen atoms in total. The molecule has 14 heavy (non-hydrogen) atoms. The van der Waals surface area contributed by atoms with E-state index in [-0.39, 0.29) is 12.5 Å². The van der Waals surface area contributed by atoms with Gasteiger partial charge in [0.25, 0.3) is 0 Å². The van der Waals surface area contributed by atoms with Crippen molar-refractivity contribution in [2.45, 2.75) is 38.3 Å². The minimum absolute atomic E-state index is 0.123. The first-order chi connectivity index (χ1) is 6.61. The van der Waals surface area contributed by atoms with E-state index in [2.05, 4.69) is 10.2 Å². The Kier molecular flexibility index (Phi) is 4.35. The molecule has 4 heteroatoms. The highest BCUT2D eigenvalue weighted by Crippen LogP contribution is 2.13. The van der Waals surface area contributed by atoms with Crippen molar-refractivity contribution in [1.29, 1.82) is 0 Å². The highest BCUT2D eigenvalue weighted by atomic mass is 16.4. The van der Waals surface area contributed by atoms with Gasteiger partial charge in [-0.1, -0.05) is 0 Å². The van der Waals surface area contributed by atoms with E-state index in [1.54, 1.807) is 0 Å². The molecular formula is C10H20N2O2. The normalized spacial score (nSPS) is 24.9. The van der Waals surface area contributed by atoms with Gasteiger partial charge in [0, 0.05) is 18.6 Å². The van der Waals surface area contributed by atoms with Gasteiger partial charge in [-0.25, -0.2) is 0 Å². The summed E-state index contributed by atoms with van der Waals surface area (Å²) in [6, 6.07) is 0.621. The van der Waals surface area contributed by atoms with Crippen molar-refractivity contribution < 1.29 is 9.90 Å². The van der Waals surface area contributed by atoms with Crippen molar-refractivity contribution >= 4 is 5.97 Å². The molecule has 2 unspecified atom stereocenters. The van der Waals surface area contributed by atoms with Gasteiger partial charge in [0.05, 0.1) is 6.42 Å². The van der Waals surface area contributed by atoms with Gasteiger partial charge in [0.15, 0.2) is 0 Å². The molecule has 1 fully saturated rings. The Hall–Kier alpha value is -0.610. The SMILES string of the molecule is CC(CC(=O)O)N(C)C1CCCNC1. The minimum Gasteiger partial charge on any atom is -0.481 e. The summed E-state index contributed by atoms with van der Waals surface area (Å²) in [6.45, 7) is 4.06. The van der Waals surface area contributed by atoms with E-state index in [0.717, 1.165) is 13.1 Å².